The maximum atomic E-state index is 12.1. The van der Waals surface area contributed by atoms with E-state index in [2.05, 4.69) is 5.32 Å². The fourth-order valence-electron chi connectivity index (χ4n) is 2.72. The number of hydrogen-bond donors (Lipinski definition) is 2. The van der Waals surface area contributed by atoms with E-state index in [4.69, 9.17) is 14.6 Å². The van der Waals surface area contributed by atoms with Crippen LogP contribution >= 0.6 is 0 Å². The molecule has 1 aromatic carbocycles. The highest BCUT2D eigenvalue weighted by Crippen LogP contribution is 2.35. The molecular formula is C17H26N2O4. The Morgan fingerprint density at radius 3 is 2.91 bits per heavy atom. The molecule has 1 aliphatic heterocycles. The molecule has 1 heterocycles. The average molecular weight is 322 g/mol. The summed E-state index contributed by atoms with van der Waals surface area (Å²) in [6.07, 6.45) is 1.05. The maximum Gasteiger partial charge on any atom is 0.317 e. The van der Waals surface area contributed by atoms with Gasteiger partial charge in [-0.05, 0) is 32.9 Å². The Balaban J connectivity index is 2.09. The van der Waals surface area contributed by atoms with Gasteiger partial charge in [-0.15, -0.1) is 0 Å². The lowest BCUT2D eigenvalue weighted by molar-refractivity contribution is 0.180. The monoisotopic (exact) mass is 322 g/mol. The molecule has 23 heavy (non-hydrogen) atoms. The van der Waals surface area contributed by atoms with Crippen LogP contribution in [0.25, 0.3) is 0 Å². The smallest absolute Gasteiger partial charge is 0.317 e. The van der Waals surface area contributed by atoms with Crippen LogP contribution in [0.1, 0.15) is 31.9 Å². The molecule has 1 aromatic rings. The van der Waals surface area contributed by atoms with Gasteiger partial charge < -0.3 is 24.8 Å². The van der Waals surface area contributed by atoms with Crippen molar-refractivity contribution in [1.82, 2.24) is 10.2 Å². The van der Waals surface area contributed by atoms with Crippen LogP contribution in [0.4, 0.5) is 4.79 Å². The summed E-state index contributed by atoms with van der Waals surface area (Å²) >= 11 is 0. The molecule has 2 amide bonds. The van der Waals surface area contributed by atoms with Crippen LogP contribution in [0.2, 0.25) is 0 Å². The molecule has 0 aromatic heterocycles. The number of nitrogens with one attached hydrogen (secondary N) is 1. The Bertz CT molecular complexity index is 548. The molecule has 0 aliphatic carbocycles. The zero-order valence-electron chi connectivity index (χ0n) is 14.1. The van der Waals surface area contributed by atoms with Gasteiger partial charge in [0.15, 0.2) is 0 Å². The lowest BCUT2D eigenvalue weighted by atomic mass is 10.1. The van der Waals surface area contributed by atoms with Gasteiger partial charge in [-0.1, -0.05) is 0 Å². The van der Waals surface area contributed by atoms with Crippen LogP contribution in [0.3, 0.4) is 0 Å². The minimum Gasteiger partial charge on any atom is -0.494 e. The molecule has 2 rings (SSSR count). The van der Waals surface area contributed by atoms with E-state index in [0.29, 0.717) is 26.2 Å². The highest BCUT2D eigenvalue weighted by molar-refractivity contribution is 5.74. The normalized spacial score (nSPS) is 15.7. The number of fused-ring (bicyclic) bond motifs is 1. The zero-order valence-corrected chi connectivity index (χ0v) is 14.1. The molecular weight excluding hydrogens is 296 g/mol. The Hall–Kier alpha value is -1.95. The van der Waals surface area contributed by atoms with Gasteiger partial charge in [0.25, 0.3) is 0 Å². The van der Waals surface area contributed by atoms with Crippen LogP contribution in [0.5, 0.6) is 11.5 Å². The minimum atomic E-state index is -0.196. The summed E-state index contributed by atoms with van der Waals surface area (Å²) in [6.45, 7) is 7.62. The molecule has 128 valence electrons. The number of nitrogens with zero attached hydrogens (tertiary/aromatic N) is 1. The molecule has 1 atom stereocenters. The number of likely N-dealkylation sites (N-methyl/N-ethyl adjacent to an activating group) is 1. The third kappa shape index (κ3) is 4.28. The number of benzene rings is 1. The second-order valence-corrected chi connectivity index (χ2v) is 5.60. The Morgan fingerprint density at radius 1 is 1.48 bits per heavy atom. The predicted octanol–water partition coefficient (Wildman–Crippen LogP) is 1.93. The van der Waals surface area contributed by atoms with Gasteiger partial charge in [0.05, 0.1) is 13.2 Å². The van der Waals surface area contributed by atoms with E-state index in [-0.39, 0.29) is 18.7 Å². The Labute approximate surface area is 137 Å². The van der Waals surface area contributed by atoms with Crippen LogP contribution in [-0.2, 0) is 13.0 Å². The Kier molecular flexibility index (Phi) is 6.10. The summed E-state index contributed by atoms with van der Waals surface area (Å²) in [7, 11) is 0. The zero-order chi connectivity index (χ0) is 16.8. The van der Waals surface area contributed by atoms with Gasteiger partial charge in [-0.2, -0.15) is 0 Å². The van der Waals surface area contributed by atoms with Crippen molar-refractivity contribution in [3.05, 3.63) is 23.3 Å². The molecule has 1 aliphatic rings. The lowest BCUT2D eigenvalue weighted by Crippen LogP contribution is -2.41. The largest absolute Gasteiger partial charge is 0.494 e. The number of ether oxygens (including phenoxy) is 2. The summed E-state index contributed by atoms with van der Waals surface area (Å²) in [6, 6.07) is 3.76. The van der Waals surface area contributed by atoms with E-state index in [0.717, 1.165) is 29.0 Å². The molecule has 6 heteroatoms. The highest BCUT2D eigenvalue weighted by atomic mass is 16.5. The van der Waals surface area contributed by atoms with Crippen molar-refractivity contribution in [3.63, 3.8) is 0 Å². The van der Waals surface area contributed by atoms with Crippen molar-refractivity contribution in [2.24, 2.45) is 0 Å². The van der Waals surface area contributed by atoms with Gasteiger partial charge in [0, 0.05) is 37.2 Å². The highest BCUT2D eigenvalue weighted by Gasteiger charge is 2.22. The number of carbonyl (C=O) groups is 1. The summed E-state index contributed by atoms with van der Waals surface area (Å²) in [5.41, 5.74) is 2.04. The topological polar surface area (TPSA) is 71.0 Å². The van der Waals surface area contributed by atoms with E-state index < -0.39 is 0 Å². The first kappa shape index (κ1) is 17.4. The summed E-state index contributed by atoms with van der Waals surface area (Å²) in [4.78, 5) is 13.7. The number of rotatable bonds is 7. The standard InChI is InChI=1S/C17H26N2O4/c1-4-19(6-7-20)17(21)18-11-14-10-16-13(8-12(3)23-16)9-15(14)22-5-2/h9-10,12,20H,4-8,11H2,1-3H3,(H,18,21)/t12-/m1/s1. The number of amides is 2. The first-order valence-electron chi connectivity index (χ1n) is 8.17. The van der Waals surface area contributed by atoms with E-state index in [1.807, 2.05) is 32.9 Å². The predicted molar refractivity (Wildman–Crippen MR) is 88.0 cm³/mol. The van der Waals surface area contributed by atoms with E-state index in [1.54, 1.807) is 4.90 Å². The summed E-state index contributed by atoms with van der Waals surface area (Å²) in [5.74, 6) is 1.65. The number of aliphatic hydroxyl groups is 1. The lowest BCUT2D eigenvalue weighted by Gasteiger charge is -2.21. The van der Waals surface area contributed by atoms with Crippen molar-refractivity contribution in [3.8, 4) is 11.5 Å². The number of hydrogen-bond acceptors (Lipinski definition) is 4. The third-order valence-corrected chi connectivity index (χ3v) is 3.85. The first-order valence-corrected chi connectivity index (χ1v) is 8.17. The van der Waals surface area contributed by atoms with Crippen molar-refractivity contribution < 1.29 is 19.4 Å². The van der Waals surface area contributed by atoms with Crippen molar-refractivity contribution in [2.45, 2.75) is 39.8 Å². The van der Waals surface area contributed by atoms with Crippen LogP contribution < -0.4 is 14.8 Å². The second kappa shape index (κ2) is 8.06. The van der Waals surface area contributed by atoms with E-state index >= 15 is 0 Å². The molecule has 0 spiro atoms. The fraction of sp³-hybridized carbons (Fsp3) is 0.588. The van der Waals surface area contributed by atoms with Gasteiger partial charge in [-0.3, -0.25) is 0 Å². The number of carbonyl (C=O) groups excluding carboxylic acids is 1. The van der Waals surface area contributed by atoms with Gasteiger partial charge in [-0.25, -0.2) is 4.79 Å². The van der Waals surface area contributed by atoms with Gasteiger partial charge in [0.2, 0.25) is 0 Å². The molecule has 2 N–H and O–H groups in total. The Morgan fingerprint density at radius 2 is 2.26 bits per heavy atom. The van der Waals surface area contributed by atoms with Crippen LogP contribution in [0.15, 0.2) is 12.1 Å². The van der Waals surface area contributed by atoms with Crippen molar-refractivity contribution >= 4 is 6.03 Å². The van der Waals surface area contributed by atoms with Crippen molar-refractivity contribution in [1.29, 1.82) is 0 Å². The maximum absolute atomic E-state index is 12.1. The summed E-state index contributed by atoms with van der Waals surface area (Å²) in [5, 5.41) is 11.9. The molecule has 0 saturated carbocycles. The summed E-state index contributed by atoms with van der Waals surface area (Å²) < 4.78 is 11.5. The van der Waals surface area contributed by atoms with E-state index in [1.165, 1.54) is 0 Å². The minimum absolute atomic E-state index is 0.0456. The van der Waals surface area contributed by atoms with E-state index in [9.17, 15) is 4.79 Å². The van der Waals surface area contributed by atoms with Crippen LogP contribution in [0, 0.1) is 0 Å². The quantitative estimate of drug-likeness (QED) is 0.805. The molecule has 0 saturated heterocycles. The molecule has 0 unspecified atom stereocenters. The number of urea groups is 1. The molecule has 6 nitrogen and oxygen atoms in total. The molecule has 0 fully saturated rings. The SMILES string of the molecule is CCOc1cc2c(cc1CNC(=O)N(CC)CCO)O[C@H](C)C2. The number of aliphatic hydroxyl groups excluding tert-OH is 1. The second-order valence-electron chi connectivity index (χ2n) is 5.60. The fourth-order valence-corrected chi connectivity index (χ4v) is 2.72. The molecule has 0 bridgehead atoms. The van der Waals surface area contributed by atoms with Gasteiger partial charge in [0.1, 0.15) is 17.6 Å². The average Bonchev–Trinajstić information content (AvgIpc) is 2.89. The van der Waals surface area contributed by atoms with Crippen LogP contribution in [-0.4, -0.2) is 48.4 Å². The first-order chi connectivity index (χ1) is 11.1. The van der Waals surface area contributed by atoms with Gasteiger partial charge >= 0.3 is 6.03 Å². The molecule has 0 radical (unpaired) electrons. The van der Waals surface area contributed by atoms with Crippen molar-refractivity contribution in [2.75, 3.05) is 26.3 Å². The third-order valence-electron chi connectivity index (χ3n) is 3.85.